The molecule has 0 radical (unpaired) electrons. The number of Topliss-reactive ketones (excluding diaryl/α,β-unsaturated/α-hetero) is 1. The average molecular weight is 263 g/mol. The molecular weight excluding hydrogens is 242 g/mol. The summed E-state index contributed by atoms with van der Waals surface area (Å²) in [7, 11) is 0. The normalized spacial score (nSPS) is 18.9. The Hall–Kier alpha value is -1.62. The monoisotopic (exact) mass is 263 g/mol. The van der Waals surface area contributed by atoms with Gasteiger partial charge >= 0.3 is 0 Å². The standard InChI is InChI=1S/C14H21N3O2/c1-8-12(10(3)18)9(2)16-13(8)14(19)17-6-4-5-11(17)7-15/h11,16H,4-7,15H2,1-3H3. The number of ketones is 1. The molecule has 2 rings (SSSR count). The molecule has 1 unspecified atom stereocenters. The van der Waals surface area contributed by atoms with Crippen LogP contribution < -0.4 is 5.73 Å². The van der Waals surface area contributed by atoms with Crippen molar-refractivity contribution in [1.82, 2.24) is 9.88 Å². The Balaban J connectivity index is 2.35. The Labute approximate surface area is 113 Å². The number of aryl methyl sites for hydroxylation is 1. The first-order valence-electron chi connectivity index (χ1n) is 6.68. The molecular formula is C14H21N3O2. The van der Waals surface area contributed by atoms with Gasteiger partial charge in [0.2, 0.25) is 0 Å². The first-order chi connectivity index (χ1) is 8.97. The summed E-state index contributed by atoms with van der Waals surface area (Å²) in [5.41, 5.74) is 8.37. The summed E-state index contributed by atoms with van der Waals surface area (Å²) in [6.07, 6.45) is 1.95. The van der Waals surface area contributed by atoms with Crippen LogP contribution >= 0.6 is 0 Å². The summed E-state index contributed by atoms with van der Waals surface area (Å²) in [5, 5.41) is 0. The number of aromatic amines is 1. The molecule has 3 N–H and O–H groups in total. The number of nitrogens with zero attached hydrogens (tertiary/aromatic N) is 1. The summed E-state index contributed by atoms with van der Waals surface area (Å²) in [6.45, 7) is 6.40. The van der Waals surface area contributed by atoms with Gasteiger partial charge in [0.05, 0.1) is 0 Å². The maximum atomic E-state index is 12.6. The second-order valence-corrected chi connectivity index (χ2v) is 5.21. The van der Waals surface area contributed by atoms with Crippen LogP contribution in [0.2, 0.25) is 0 Å². The number of amides is 1. The summed E-state index contributed by atoms with van der Waals surface area (Å²) in [4.78, 5) is 29.0. The van der Waals surface area contributed by atoms with E-state index < -0.39 is 0 Å². The molecule has 1 fully saturated rings. The van der Waals surface area contributed by atoms with Gasteiger partial charge in [-0.3, -0.25) is 9.59 Å². The lowest BCUT2D eigenvalue weighted by molar-refractivity contribution is 0.0735. The lowest BCUT2D eigenvalue weighted by Crippen LogP contribution is -2.40. The van der Waals surface area contributed by atoms with E-state index in [-0.39, 0.29) is 17.7 Å². The van der Waals surface area contributed by atoms with Crippen LogP contribution in [0, 0.1) is 13.8 Å². The maximum absolute atomic E-state index is 12.6. The lowest BCUT2D eigenvalue weighted by Gasteiger charge is -2.23. The van der Waals surface area contributed by atoms with Crippen molar-refractivity contribution in [2.75, 3.05) is 13.1 Å². The molecule has 0 aromatic carbocycles. The quantitative estimate of drug-likeness (QED) is 0.809. The predicted molar refractivity (Wildman–Crippen MR) is 73.4 cm³/mol. The zero-order chi connectivity index (χ0) is 14.2. The average Bonchev–Trinajstić information content (AvgIpc) is 2.92. The van der Waals surface area contributed by atoms with Crippen LogP contribution in [0.5, 0.6) is 0 Å². The van der Waals surface area contributed by atoms with Crippen molar-refractivity contribution in [2.45, 2.75) is 39.7 Å². The number of carbonyl (C=O) groups excluding carboxylic acids is 2. The van der Waals surface area contributed by atoms with E-state index in [1.54, 1.807) is 0 Å². The number of rotatable bonds is 3. The van der Waals surface area contributed by atoms with E-state index in [1.807, 2.05) is 18.7 Å². The highest BCUT2D eigenvalue weighted by Crippen LogP contribution is 2.24. The zero-order valence-corrected chi connectivity index (χ0v) is 11.7. The molecule has 5 nitrogen and oxygen atoms in total. The molecule has 1 aromatic heterocycles. The number of likely N-dealkylation sites (tertiary alicyclic amines) is 1. The number of carbonyl (C=O) groups is 2. The van der Waals surface area contributed by atoms with Crippen molar-refractivity contribution in [3.63, 3.8) is 0 Å². The molecule has 0 aliphatic carbocycles. The van der Waals surface area contributed by atoms with Crippen molar-refractivity contribution in [1.29, 1.82) is 0 Å². The van der Waals surface area contributed by atoms with Crippen LogP contribution in [-0.4, -0.2) is 40.7 Å². The third-order valence-electron chi connectivity index (χ3n) is 3.91. The van der Waals surface area contributed by atoms with Gasteiger partial charge in [-0.05, 0) is 39.2 Å². The third kappa shape index (κ3) is 2.30. The first-order valence-corrected chi connectivity index (χ1v) is 6.68. The number of hydrogen-bond acceptors (Lipinski definition) is 3. The fourth-order valence-electron chi connectivity index (χ4n) is 2.98. The summed E-state index contributed by atoms with van der Waals surface area (Å²) >= 11 is 0. The Bertz CT molecular complexity index is 519. The van der Waals surface area contributed by atoms with Gasteiger partial charge in [-0.25, -0.2) is 0 Å². The number of H-pyrrole nitrogens is 1. The van der Waals surface area contributed by atoms with Crippen LogP contribution in [0.25, 0.3) is 0 Å². The Morgan fingerprint density at radius 3 is 2.63 bits per heavy atom. The third-order valence-corrected chi connectivity index (χ3v) is 3.91. The van der Waals surface area contributed by atoms with Gasteiger partial charge in [-0.2, -0.15) is 0 Å². The van der Waals surface area contributed by atoms with E-state index in [4.69, 9.17) is 5.73 Å². The second kappa shape index (κ2) is 5.17. The SMILES string of the molecule is CC(=O)c1c(C)[nH]c(C(=O)N2CCCC2CN)c1C. The number of nitrogens with two attached hydrogens (primary N) is 1. The molecule has 0 saturated carbocycles. The van der Waals surface area contributed by atoms with Crippen molar-refractivity contribution >= 4 is 11.7 Å². The molecule has 0 spiro atoms. The fraction of sp³-hybridized carbons (Fsp3) is 0.571. The van der Waals surface area contributed by atoms with E-state index >= 15 is 0 Å². The summed E-state index contributed by atoms with van der Waals surface area (Å²) in [5.74, 6) is -0.0526. The van der Waals surface area contributed by atoms with Crippen LogP contribution in [0.3, 0.4) is 0 Å². The van der Waals surface area contributed by atoms with E-state index in [9.17, 15) is 9.59 Å². The minimum atomic E-state index is -0.0407. The van der Waals surface area contributed by atoms with E-state index in [0.29, 0.717) is 17.8 Å². The number of nitrogens with one attached hydrogen (secondary N) is 1. The van der Waals surface area contributed by atoms with Crippen LogP contribution in [0.15, 0.2) is 0 Å². The molecule has 1 atom stereocenters. The lowest BCUT2D eigenvalue weighted by atomic mass is 10.1. The molecule has 1 aliphatic rings. The van der Waals surface area contributed by atoms with Gasteiger partial charge in [0.25, 0.3) is 5.91 Å². The summed E-state index contributed by atoms with van der Waals surface area (Å²) in [6, 6.07) is 0.122. The highest BCUT2D eigenvalue weighted by atomic mass is 16.2. The van der Waals surface area contributed by atoms with Gasteiger partial charge < -0.3 is 15.6 Å². The van der Waals surface area contributed by atoms with Gasteiger partial charge in [0.1, 0.15) is 5.69 Å². The Morgan fingerprint density at radius 1 is 1.42 bits per heavy atom. The molecule has 19 heavy (non-hydrogen) atoms. The molecule has 2 heterocycles. The highest BCUT2D eigenvalue weighted by molar-refractivity contribution is 6.02. The molecule has 1 amide bonds. The molecule has 0 bridgehead atoms. The summed E-state index contributed by atoms with van der Waals surface area (Å²) < 4.78 is 0. The van der Waals surface area contributed by atoms with Crippen molar-refractivity contribution in [2.24, 2.45) is 5.73 Å². The van der Waals surface area contributed by atoms with Crippen molar-refractivity contribution in [3.8, 4) is 0 Å². The van der Waals surface area contributed by atoms with Gasteiger partial charge in [-0.15, -0.1) is 0 Å². The zero-order valence-electron chi connectivity index (χ0n) is 11.7. The van der Waals surface area contributed by atoms with Crippen molar-refractivity contribution < 1.29 is 9.59 Å². The van der Waals surface area contributed by atoms with E-state index in [0.717, 1.165) is 30.6 Å². The minimum Gasteiger partial charge on any atom is -0.354 e. The van der Waals surface area contributed by atoms with Gasteiger partial charge in [0.15, 0.2) is 5.78 Å². The van der Waals surface area contributed by atoms with Crippen LogP contribution in [-0.2, 0) is 0 Å². The number of aromatic nitrogens is 1. The Kier molecular flexibility index (Phi) is 3.75. The molecule has 104 valence electrons. The number of hydrogen-bond donors (Lipinski definition) is 2. The van der Waals surface area contributed by atoms with E-state index in [2.05, 4.69) is 4.98 Å². The topological polar surface area (TPSA) is 79.2 Å². The molecule has 5 heteroatoms. The minimum absolute atomic E-state index is 0.0119. The van der Waals surface area contributed by atoms with Crippen LogP contribution in [0.1, 0.15) is 51.9 Å². The molecule has 1 saturated heterocycles. The van der Waals surface area contributed by atoms with Gasteiger partial charge in [-0.1, -0.05) is 0 Å². The van der Waals surface area contributed by atoms with E-state index in [1.165, 1.54) is 6.92 Å². The fourth-order valence-corrected chi connectivity index (χ4v) is 2.98. The molecule has 1 aliphatic heterocycles. The van der Waals surface area contributed by atoms with Gasteiger partial charge in [0, 0.05) is 30.4 Å². The predicted octanol–water partition coefficient (Wildman–Crippen LogP) is 1.40. The highest BCUT2D eigenvalue weighted by Gasteiger charge is 2.31. The second-order valence-electron chi connectivity index (χ2n) is 5.21. The van der Waals surface area contributed by atoms with Crippen LogP contribution in [0.4, 0.5) is 0 Å². The Morgan fingerprint density at radius 2 is 2.11 bits per heavy atom. The van der Waals surface area contributed by atoms with Crippen molar-refractivity contribution in [3.05, 3.63) is 22.5 Å². The smallest absolute Gasteiger partial charge is 0.270 e. The maximum Gasteiger partial charge on any atom is 0.270 e. The largest absolute Gasteiger partial charge is 0.354 e. The molecule has 1 aromatic rings. The first kappa shape index (κ1) is 13.8.